The molecule has 1 heterocycles. The maximum Gasteiger partial charge on any atom is 0.303 e. The topological polar surface area (TPSA) is 83.5 Å². The predicted molar refractivity (Wildman–Crippen MR) is 61.0 cm³/mol. The molecule has 0 radical (unpaired) electrons. The van der Waals surface area contributed by atoms with Gasteiger partial charge in [-0.25, -0.2) is 13.1 Å². The summed E-state index contributed by atoms with van der Waals surface area (Å²) < 4.78 is 25.9. The van der Waals surface area contributed by atoms with Crippen LogP contribution in [-0.4, -0.2) is 26.0 Å². The van der Waals surface area contributed by atoms with Crippen molar-refractivity contribution < 1.29 is 18.3 Å². The largest absolute Gasteiger partial charge is 0.481 e. The molecule has 90 valence electrons. The van der Waals surface area contributed by atoms with Gasteiger partial charge in [0.05, 0.1) is 0 Å². The van der Waals surface area contributed by atoms with Crippen molar-refractivity contribution in [2.75, 3.05) is 6.54 Å². The van der Waals surface area contributed by atoms with Crippen LogP contribution in [0.25, 0.3) is 0 Å². The number of hydrogen-bond donors (Lipinski definition) is 2. The van der Waals surface area contributed by atoms with Gasteiger partial charge in [-0.3, -0.25) is 4.79 Å². The lowest BCUT2D eigenvalue weighted by Crippen LogP contribution is -2.24. The van der Waals surface area contributed by atoms with Gasteiger partial charge in [0.1, 0.15) is 4.21 Å². The number of carboxylic acid groups (broad SMARTS) is 1. The molecule has 0 aromatic carbocycles. The monoisotopic (exact) mass is 263 g/mol. The molecule has 1 aromatic rings. The second-order valence-electron chi connectivity index (χ2n) is 3.18. The highest BCUT2D eigenvalue weighted by Crippen LogP contribution is 2.15. The summed E-state index contributed by atoms with van der Waals surface area (Å²) in [7, 11) is -3.40. The van der Waals surface area contributed by atoms with Crippen LogP contribution in [-0.2, 0) is 14.8 Å². The Morgan fingerprint density at radius 3 is 2.75 bits per heavy atom. The molecule has 2 N–H and O–H groups in total. The summed E-state index contributed by atoms with van der Waals surface area (Å²) in [5.74, 6) is -0.860. The van der Waals surface area contributed by atoms with E-state index in [4.69, 9.17) is 5.11 Å². The van der Waals surface area contributed by atoms with Gasteiger partial charge in [0.15, 0.2) is 0 Å². The summed E-state index contributed by atoms with van der Waals surface area (Å²) in [6.07, 6.45) is 1.07. The lowest BCUT2D eigenvalue weighted by Gasteiger charge is -2.03. The highest BCUT2D eigenvalue weighted by Gasteiger charge is 2.13. The number of thiophene rings is 1. The minimum absolute atomic E-state index is 0.0702. The number of carboxylic acids is 1. The van der Waals surface area contributed by atoms with Gasteiger partial charge < -0.3 is 5.11 Å². The summed E-state index contributed by atoms with van der Waals surface area (Å²) in [6, 6.07) is 3.20. The van der Waals surface area contributed by atoms with Gasteiger partial charge in [0.2, 0.25) is 10.0 Å². The van der Waals surface area contributed by atoms with Crippen molar-refractivity contribution in [3.8, 4) is 0 Å². The fourth-order valence-corrected chi connectivity index (χ4v) is 3.21. The van der Waals surface area contributed by atoms with Crippen molar-refractivity contribution >= 4 is 27.3 Å². The molecule has 0 aliphatic carbocycles. The maximum absolute atomic E-state index is 11.6. The Bertz CT molecular complexity index is 424. The quantitative estimate of drug-likeness (QED) is 0.726. The molecule has 0 amide bonds. The molecular formula is C9H13NO4S2. The van der Waals surface area contributed by atoms with Gasteiger partial charge in [-0.15, -0.1) is 11.3 Å². The zero-order chi connectivity index (χ0) is 12.0. The second-order valence-corrected chi connectivity index (χ2v) is 6.12. The molecule has 5 nitrogen and oxygen atoms in total. The molecule has 0 unspecified atom stereocenters. The van der Waals surface area contributed by atoms with E-state index in [-0.39, 0.29) is 17.2 Å². The Kier molecular flexibility index (Phi) is 4.91. The number of sulfonamides is 1. The molecule has 0 aliphatic rings. The summed E-state index contributed by atoms with van der Waals surface area (Å²) in [5.41, 5.74) is 0. The van der Waals surface area contributed by atoms with Crippen molar-refractivity contribution in [1.29, 1.82) is 0 Å². The van der Waals surface area contributed by atoms with Gasteiger partial charge in [-0.1, -0.05) is 6.07 Å². The average Bonchev–Trinajstić information content (AvgIpc) is 2.69. The van der Waals surface area contributed by atoms with Crippen LogP contribution < -0.4 is 4.72 Å². The van der Waals surface area contributed by atoms with E-state index in [1.165, 1.54) is 6.07 Å². The summed E-state index contributed by atoms with van der Waals surface area (Å²) in [6.45, 7) is 0.271. The van der Waals surface area contributed by atoms with Crippen LogP contribution >= 0.6 is 11.3 Å². The Morgan fingerprint density at radius 1 is 1.44 bits per heavy atom. The molecule has 0 atom stereocenters. The van der Waals surface area contributed by atoms with Crippen molar-refractivity contribution in [2.24, 2.45) is 0 Å². The number of carbonyl (C=O) groups is 1. The second kappa shape index (κ2) is 5.97. The molecule has 0 saturated heterocycles. The maximum atomic E-state index is 11.6. The Hall–Kier alpha value is -0.920. The van der Waals surface area contributed by atoms with Gasteiger partial charge in [0, 0.05) is 13.0 Å². The number of hydrogen-bond acceptors (Lipinski definition) is 4. The van der Waals surface area contributed by atoms with Crippen molar-refractivity contribution in [2.45, 2.75) is 23.5 Å². The van der Waals surface area contributed by atoms with Crippen LogP contribution in [0.2, 0.25) is 0 Å². The summed E-state index contributed by atoms with van der Waals surface area (Å²) >= 11 is 1.15. The molecule has 1 rings (SSSR count). The van der Waals surface area contributed by atoms with Crippen LogP contribution in [0.15, 0.2) is 21.7 Å². The number of aliphatic carboxylic acids is 1. The van der Waals surface area contributed by atoms with E-state index < -0.39 is 16.0 Å². The third-order valence-electron chi connectivity index (χ3n) is 1.87. The predicted octanol–water partition coefficient (Wildman–Crippen LogP) is 1.28. The van der Waals surface area contributed by atoms with Crippen LogP contribution in [0, 0.1) is 0 Å². The van der Waals surface area contributed by atoms with E-state index >= 15 is 0 Å². The van der Waals surface area contributed by atoms with E-state index in [9.17, 15) is 13.2 Å². The van der Waals surface area contributed by atoms with Crippen LogP contribution in [0.3, 0.4) is 0 Å². The zero-order valence-corrected chi connectivity index (χ0v) is 10.2. The lowest BCUT2D eigenvalue weighted by molar-refractivity contribution is -0.137. The smallest absolute Gasteiger partial charge is 0.303 e. The third-order valence-corrected chi connectivity index (χ3v) is 4.73. The van der Waals surface area contributed by atoms with Crippen molar-refractivity contribution in [1.82, 2.24) is 4.72 Å². The van der Waals surface area contributed by atoms with E-state index in [0.29, 0.717) is 12.8 Å². The Morgan fingerprint density at radius 2 is 2.19 bits per heavy atom. The van der Waals surface area contributed by atoms with E-state index in [1.807, 2.05) is 0 Å². The average molecular weight is 263 g/mol. The summed E-state index contributed by atoms with van der Waals surface area (Å²) in [5, 5.41) is 10.1. The third kappa shape index (κ3) is 4.30. The minimum atomic E-state index is -3.40. The standard InChI is InChI=1S/C9H13NO4S2/c11-8(12)4-1-2-6-10-16(13,14)9-5-3-7-15-9/h3,5,7,10H,1-2,4,6H2,(H,11,12). The van der Waals surface area contributed by atoms with Crippen LogP contribution in [0.5, 0.6) is 0 Å². The molecule has 0 fully saturated rings. The fraction of sp³-hybridized carbons (Fsp3) is 0.444. The Labute approximate surface area is 98.2 Å². The number of rotatable bonds is 7. The fourth-order valence-electron chi connectivity index (χ4n) is 1.10. The minimum Gasteiger partial charge on any atom is -0.481 e. The molecule has 0 aliphatic heterocycles. The first-order valence-corrected chi connectivity index (χ1v) is 7.13. The lowest BCUT2D eigenvalue weighted by atomic mass is 10.2. The van der Waals surface area contributed by atoms with Gasteiger partial charge in [-0.05, 0) is 24.3 Å². The van der Waals surface area contributed by atoms with E-state index in [2.05, 4.69) is 4.72 Å². The normalized spacial score (nSPS) is 11.5. The van der Waals surface area contributed by atoms with Gasteiger partial charge >= 0.3 is 5.97 Å². The first-order chi connectivity index (χ1) is 7.52. The SMILES string of the molecule is O=C(O)CCCCNS(=O)(=O)c1cccs1. The first-order valence-electron chi connectivity index (χ1n) is 4.77. The molecule has 0 bridgehead atoms. The molecule has 7 heteroatoms. The Balaban J connectivity index is 2.30. The number of unbranched alkanes of at least 4 members (excludes halogenated alkanes) is 1. The highest BCUT2D eigenvalue weighted by atomic mass is 32.2. The highest BCUT2D eigenvalue weighted by molar-refractivity contribution is 7.91. The first kappa shape index (κ1) is 13.1. The van der Waals surface area contributed by atoms with Crippen LogP contribution in [0.1, 0.15) is 19.3 Å². The molecule has 0 spiro atoms. The van der Waals surface area contributed by atoms with Gasteiger partial charge in [-0.2, -0.15) is 0 Å². The van der Waals surface area contributed by atoms with Crippen molar-refractivity contribution in [3.05, 3.63) is 17.5 Å². The van der Waals surface area contributed by atoms with Crippen LogP contribution in [0.4, 0.5) is 0 Å². The molecular weight excluding hydrogens is 250 g/mol. The van der Waals surface area contributed by atoms with Gasteiger partial charge in [0.25, 0.3) is 0 Å². The molecule has 0 saturated carbocycles. The van der Waals surface area contributed by atoms with E-state index in [1.54, 1.807) is 11.4 Å². The molecule has 16 heavy (non-hydrogen) atoms. The zero-order valence-electron chi connectivity index (χ0n) is 8.55. The summed E-state index contributed by atoms with van der Waals surface area (Å²) in [4.78, 5) is 10.2. The number of nitrogens with one attached hydrogen (secondary N) is 1. The van der Waals surface area contributed by atoms with Crippen molar-refractivity contribution in [3.63, 3.8) is 0 Å². The molecule has 1 aromatic heterocycles. The van der Waals surface area contributed by atoms with E-state index in [0.717, 1.165) is 11.3 Å².